The second kappa shape index (κ2) is 6.48. The lowest BCUT2D eigenvalue weighted by atomic mass is 9.96. The first-order valence-corrected chi connectivity index (χ1v) is 8.94. The van der Waals surface area contributed by atoms with Crippen molar-refractivity contribution in [2.45, 2.75) is 6.92 Å². The highest BCUT2D eigenvalue weighted by Crippen LogP contribution is 2.25. The number of likely N-dealkylation sites (tertiary alicyclic amines) is 1. The van der Waals surface area contributed by atoms with Crippen LogP contribution in [0.15, 0.2) is 30.5 Å². The van der Waals surface area contributed by atoms with Crippen molar-refractivity contribution in [3.8, 4) is 0 Å². The topological polar surface area (TPSA) is 76.7 Å². The minimum Gasteiger partial charge on any atom is -0.360 e. The van der Waals surface area contributed by atoms with E-state index in [1.54, 1.807) is 22.9 Å². The molecule has 2 saturated heterocycles. The molecule has 7 heteroatoms. The monoisotopic (exact) mass is 354 g/mol. The van der Waals surface area contributed by atoms with Crippen molar-refractivity contribution in [2.75, 3.05) is 39.3 Å². The summed E-state index contributed by atoms with van der Waals surface area (Å²) in [5, 5.41) is 0.910. The summed E-state index contributed by atoms with van der Waals surface area (Å²) in [7, 11) is 0. The van der Waals surface area contributed by atoms with Gasteiger partial charge in [-0.05, 0) is 6.07 Å². The van der Waals surface area contributed by atoms with Gasteiger partial charge in [0.1, 0.15) is 0 Å². The van der Waals surface area contributed by atoms with Crippen LogP contribution in [-0.2, 0) is 9.59 Å². The van der Waals surface area contributed by atoms with Gasteiger partial charge in [-0.3, -0.25) is 14.4 Å². The van der Waals surface area contributed by atoms with Crippen molar-refractivity contribution in [1.29, 1.82) is 0 Å². The lowest BCUT2D eigenvalue weighted by Gasteiger charge is -2.42. The fourth-order valence-electron chi connectivity index (χ4n) is 3.72. The minimum atomic E-state index is -0.131. The van der Waals surface area contributed by atoms with E-state index in [-0.39, 0.29) is 23.6 Å². The Balaban J connectivity index is 1.34. The van der Waals surface area contributed by atoms with Gasteiger partial charge in [-0.2, -0.15) is 0 Å². The molecule has 4 rings (SSSR count). The number of rotatable bonds is 2. The van der Waals surface area contributed by atoms with E-state index in [0.29, 0.717) is 44.8 Å². The molecule has 1 N–H and O–H groups in total. The van der Waals surface area contributed by atoms with Crippen LogP contribution in [0.5, 0.6) is 0 Å². The predicted molar refractivity (Wildman–Crippen MR) is 96.5 cm³/mol. The normalized spacial score (nSPS) is 18.1. The van der Waals surface area contributed by atoms with Gasteiger partial charge in [0.15, 0.2) is 0 Å². The first-order valence-electron chi connectivity index (χ1n) is 8.94. The number of carbonyl (C=O) groups excluding carboxylic acids is 3. The van der Waals surface area contributed by atoms with Crippen molar-refractivity contribution in [1.82, 2.24) is 19.7 Å². The number of nitrogens with one attached hydrogen (secondary N) is 1. The molecule has 3 heterocycles. The number of amides is 3. The lowest BCUT2D eigenvalue weighted by molar-refractivity contribution is -0.144. The first-order chi connectivity index (χ1) is 12.5. The number of aromatic amines is 1. The molecule has 136 valence electrons. The number of H-pyrrole nitrogens is 1. The van der Waals surface area contributed by atoms with Crippen LogP contribution in [0.2, 0.25) is 0 Å². The molecule has 0 atom stereocenters. The molecule has 0 radical (unpaired) electrons. The Morgan fingerprint density at radius 1 is 0.962 bits per heavy atom. The fraction of sp³-hybridized carbons (Fsp3) is 0.421. The van der Waals surface area contributed by atoms with Gasteiger partial charge in [0, 0.05) is 63.3 Å². The fourth-order valence-corrected chi connectivity index (χ4v) is 3.72. The summed E-state index contributed by atoms with van der Waals surface area (Å²) in [6.07, 6.45) is 1.74. The van der Waals surface area contributed by atoms with Crippen LogP contribution in [0.3, 0.4) is 0 Å². The highest BCUT2D eigenvalue weighted by atomic mass is 16.2. The average Bonchev–Trinajstić information content (AvgIpc) is 3.04. The average molecular weight is 354 g/mol. The number of aromatic nitrogens is 1. The number of nitrogens with zero attached hydrogens (tertiary/aromatic N) is 3. The quantitative estimate of drug-likeness (QED) is 0.872. The number of hydrogen-bond acceptors (Lipinski definition) is 3. The number of benzene rings is 1. The van der Waals surface area contributed by atoms with Gasteiger partial charge in [0.25, 0.3) is 5.91 Å². The van der Waals surface area contributed by atoms with Crippen LogP contribution in [0.25, 0.3) is 10.9 Å². The SMILES string of the molecule is CC(=O)N1CCN(C(=O)C2CN(C(=O)c3c[nH]c4ccccc34)C2)CC1. The Hall–Kier alpha value is -2.83. The number of para-hydroxylation sites is 1. The van der Waals surface area contributed by atoms with Crippen LogP contribution in [0.4, 0.5) is 0 Å². The zero-order valence-electron chi connectivity index (χ0n) is 14.8. The largest absolute Gasteiger partial charge is 0.360 e. The van der Waals surface area contributed by atoms with E-state index < -0.39 is 0 Å². The predicted octanol–water partition coefficient (Wildman–Crippen LogP) is 0.931. The third kappa shape index (κ3) is 2.83. The Morgan fingerprint density at radius 2 is 1.62 bits per heavy atom. The summed E-state index contributed by atoms with van der Waals surface area (Å²) in [6.45, 7) is 4.81. The van der Waals surface area contributed by atoms with E-state index in [2.05, 4.69) is 4.98 Å². The van der Waals surface area contributed by atoms with Crippen molar-refractivity contribution >= 4 is 28.6 Å². The third-order valence-electron chi connectivity index (χ3n) is 5.37. The molecule has 26 heavy (non-hydrogen) atoms. The lowest BCUT2D eigenvalue weighted by Crippen LogP contribution is -2.59. The van der Waals surface area contributed by atoms with Crippen LogP contribution in [0, 0.1) is 5.92 Å². The van der Waals surface area contributed by atoms with Gasteiger partial charge >= 0.3 is 0 Å². The second-order valence-electron chi connectivity index (χ2n) is 6.99. The molecule has 2 aliphatic heterocycles. The van der Waals surface area contributed by atoms with E-state index in [4.69, 9.17) is 0 Å². The zero-order valence-corrected chi connectivity index (χ0v) is 14.8. The number of piperazine rings is 1. The molecular formula is C19H22N4O3. The molecular weight excluding hydrogens is 332 g/mol. The summed E-state index contributed by atoms with van der Waals surface area (Å²) in [5.41, 5.74) is 1.59. The van der Waals surface area contributed by atoms with Crippen molar-refractivity contribution in [3.05, 3.63) is 36.0 Å². The van der Waals surface area contributed by atoms with Crippen LogP contribution in [0.1, 0.15) is 17.3 Å². The summed E-state index contributed by atoms with van der Waals surface area (Å²) >= 11 is 0. The molecule has 0 saturated carbocycles. The standard InChI is InChI=1S/C19H22N4O3/c1-13(24)21-6-8-22(9-7-21)18(25)14-11-23(12-14)19(26)16-10-20-17-5-3-2-4-15(16)17/h2-5,10,14,20H,6-9,11-12H2,1H3. The highest BCUT2D eigenvalue weighted by Gasteiger charge is 2.39. The summed E-state index contributed by atoms with van der Waals surface area (Å²) < 4.78 is 0. The van der Waals surface area contributed by atoms with E-state index in [1.807, 2.05) is 29.2 Å². The molecule has 7 nitrogen and oxygen atoms in total. The third-order valence-corrected chi connectivity index (χ3v) is 5.37. The number of fused-ring (bicyclic) bond motifs is 1. The molecule has 0 spiro atoms. The van der Waals surface area contributed by atoms with Gasteiger partial charge in [-0.1, -0.05) is 18.2 Å². The van der Waals surface area contributed by atoms with Gasteiger partial charge in [-0.15, -0.1) is 0 Å². The minimum absolute atomic E-state index is 0.0344. The van der Waals surface area contributed by atoms with Gasteiger partial charge < -0.3 is 19.7 Å². The van der Waals surface area contributed by atoms with Gasteiger partial charge in [0.05, 0.1) is 11.5 Å². The van der Waals surface area contributed by atoms with E-state index in [1.165, 1.54) is 0 Å². The Labute approximate surface area is 151 Å². The molecule has 3 amide bonds. The maximum atomic E-state index is 12.7. The van der Waals surface area contributed by atoms with E-state index >= 15 is 0 Å². The molecule has 2 fully saturated rings. The molecule has 2 aliphatic rings. The summed E-state index contributed by atoms with van der Waals surface area (Å²) in [4.78, 5) is 45.1. The van der Waals surface area contributed by atoms with Crippen LogP contribution < -0.4 is 0 Å². The molecule has 0 aliphatic carbocycles. The molecule has 2 aromatic rings. The Kier molecular flexibility index (Phi) is 4.14. The highest BCUT2D eigenvalue weighted by molar-refractivity contribution is 6.07. The Bertz CT molecular complexity index is 861. The number of carbonyl (C=O) groups is 3. The van der Waals surface area contributed by atoms with E-state index in [0.717, 1.165) is 10.9 Å². The summed E-state index contributed by atoms with van der Waals surface area (Å²) in [6, 6.07) is 7.71. The maximum Gasteiger partial charge on any atom is 0.256 e. The molecule has 1 aromatic heterocycles. The van der Waals surface area contributed by atoms with Crippen LogP contribution in [-0.4, -0.2) is 76.7 Å². The molecule has 0 bridgehead atoms. The van der Waals surface area contributed by atoms with Crippen molar-refractivity contribution in [3.63, 3.8) is 0 Å². The smallest absolute Gasteiger partial charge is 0.256 e. The van der Waals surface area contributed by atoms with Crippen molar-refractivity contribution < 1.29 is 14.4 Å². The zero-order chi connectivity index (χ0) is 18.3. The second-order valence-corrected chi connectivity index (χ2v) is 6.99. The van der Waals surface area contributed by atoms with Gasteiger partial charge in [0.2, 0.25) is 11.8 Å². The molecule has 0 unspecified atom stereocenters. The Morgan fingerprint density at radius 3 is 2.31 bits per heavy atom. The van der Waals surface area contributed by atoms with Crippen molar-refractivity contribution in [2.24, 2.45) is 5.92 Å². The van der Waals surface area contributed by atoms with Gasteiger partial charge in [-0.25, -0.2) is 0 Å². The summed E-state index contributed by atoms with van der Waals surface area (Å²) in [5.74, 6) is -0.0200. The number of hydrogen-bond donors (Lipinski definition) is 1. The maximum absolute atomic E-state index is 12.7. The molecule has 1 aromatic carbocycles. The first kappa shape index (κ1) is 16.6. The van der Waals surface area contributed by atoms with E-state index in [9.17, 15) is 14.4 Å². The van der Waals surface area contributed by atoms with Crippen LogP contribution >= 0.6 is 0 Å².